The summed E-state index contributed by atoms with van der Waals surface area (Å²) in [6.07, 6.45) is 7.23. The first-order chi connectivity index (χ1) is 13.2. The molecule has 1 N–H and O–H groups in total. The van der Waals surface area contributed by atoms with Gasteiger partial charge in [0.2, 0.25) is 0 Å². The fourth-order valence-electron chi connectivity index (χ4n) is 5.23. The highest BCUT2D eigenvalue weighted by molar-refractivity contribution is 7.97. The van der Waals surface area contributed by atoms with Crippen molar-refractivity contribution in [3.05, 3.63) is 28.5 Å². The fourth-order valence-corrected chi connectivity index (χ4v) is 5.74. The average molecular weight is 430 g/mol. The number of hydrogen-bond acceptors (Lipinski definition) is 4. The third-order valence-electron chi connectivity index (χ3n) is 6.20. The number of carbonyl (C=O) groups is 1. The first-order valence-electron chi connectivity index (χ1n) is 9.67. The molecule has 2 unspecified atom stereocenters. The molecule has 2 aliphatic carbocycles. The van der Waals surface area contributed by atoms with Crippen LogP contribution in [-0.4, -0.2) is 31.5 Å². The Labute approximate surface area is 176 Å². The van der Waals surface area contributed by atoms with Crippen molar-refractivity contribution >= 4 is 29.5 Å². The lowest BCUT2D eigenvalue weighted by atomic mass is 9.58. The molecule has 156 valence electrons. The summed E-state index contributed by atoms with van der Waals surface area (Å²) in [5, 5.41) is 0.249. The van der Waals surface area contributed by atoms with E-state index in [1.807, 2.05) is 7.11 Å². The second-order valence-electron chi connectivity index (χ2n) is 8.94. The normalized spacial score (nSPS) is 32.1. The minimum atomic E-state index is -0.632. The lowest BCUT2D eigenvalue weighted by Crippen LogP contribution is -2.46. The predicted molar refractivity (Wildman–Crippen MR) is 111 cm³/mol. The Morgan fingerprint density at radius 2 is 1.93 bits per heavy atom. The molecule has 0 heterocycles. The maximum absolute atomic E-state index is 14.4. The summed E-state index contributed by atoms with van der Waals surface area (Å²) in [6.45, 7) is 4.94. The van der Waals surface area contributed by atoms with Gasteiger partial charge in [0.05, 0.1) is 22.8 Å². The maximum atomic E-state index is 14.4. The van der Waals surface area contributed by atoms with Gasteiger partial charge in [0.15, 0.2) is 0 Å². The van der Waals surface area contributed by atoms with Gasteiger partial charge in [-0.3, -0.25) is 9.52 Å². The van der Waals surface area contributed by atoms with Crippen LogP contribution in [0.1, 0.15) is 56.3 Å². The van der Waals surface area contributed by atoms with Crippen LogP contribution in [0.3, 0.4) is 0 Å². The fraction of sp³-hybridized carbons (Fsp3) is 0.667. The molecule has 7 heteroatoms. The zero-order valence-electron chi connectivity index (χ0n) is 16.9. The number of methoxy groups -OCH3 is 1. The Balaban J connectivity index is 1.67. The number of halogens is 2. The molecule has 2 atom stereocenters. The van der Waals surface area contributed by atoms with E-state index in [9.17, 15) is 9.18 Å². The Bertz CT molecular complexity index is 731. The third-order valence-corrected chi connectivity index (χ3v) is 6.89. The highest BCUT2D eigenvalue weighted by Crippen LogP contribution is 2.52. The molecular weight excluding hydrogens is 401 g/mol. The van der Waals surface area contributed by atoms with Crippen LogP contribution < -0.4 is 9.46 Å². The van der Waals surface area contributed by atoms with Crippen molar-refractivity contribution in [1.82, 2.24) is 4.72 Å². The minimum absolute atomic E-state index is 0.0185. The van der Waals surface area contributed by atoms with Crippen molar-refractivity contribution in [2.24, 2.45) is 17.3 Å². The average Bonchev–Trinajstić information content (AvgIpc) is 2.61. The smallest absolute Gasteiger partial charge is 0.264 e. The summed E-state index contributed by atoms with van der Waals surface area (Å²) in [7, 11) is 1.81. The van der Waals surface area contributed by atoms with Crippen LogP contribution in [0.2, 0.25) is 5.02 Å². The summed E-state index contributed by atoms with van der Waals surface area (Å²) in [4.78, 5) is 11.9. The van der Waals surface area contributed by atoms with E-state index < -0.39 is 11.7 Å². The van der Waals surface area contributed by atoms with Gasteiger partial charge < -0.3 is 9.47 Å². The number of fused-ring (bicyclic) bond motifs is 2. The van der Waals surface area contributed by atoms with Crippen LogP contribution in [0.5, 0.6) is 5.75 Å². The van der Waals surface area contributed by atoms with Crippen LogP contribution in [-0.2, 0) is 4.74 Å². The summed E-state index contributed by atoms with van der Waals surface area (Å²) in [5.41, 5.74) is -0.0730. The third kappa shape index (κ3) is 4.77. The zero-order valence-corrected chi connectivity index (χ0v) is 18.5. The minimum Gasteiger partial charge on any atom is -0.491 e. The van der Waals surface area contributed by atoms with Gasteiger partial charge in [-0.1, -0.05) is 30.5 Å². The van der Waals surface area contributed by atoms with Crippen LogP contribution in [0.4, 0.5) is 4.39 Å². The Kier molecular flexibility index (Phi) is 6.52. The Morgan fingerprint density at radius 3 is 2.50 bits per heavy atom. The van der Waals surface area contributed by atoms with E-state index in [0.717, 1.165) is 37.6 Å². The number of rotatable bonds is 6. The van der Waals surface area contributed by atoms with Gasteiger partial charge in [-0.2, -0.15) is 0 Å². The van der Waals surface area contributed by atoms with E-state index in [0.29, 0.717) is 24.2 Å². The molecule has 1 aromatic rings. The van der Waals surface area contributed by atoms with E-state index in [1.165, 1.54) is 18.6 Å². The molecule has 0 aliphatic heterocycles. The van der Waals surface area contributed by atoms with E-state index in [1.54, 1.807) is 6.26 Å². The van der Waals surface area contributed by atoms with Gasteiger partial charge in [-0.15, -0.1) is 0 Å². The first-order valence-corrected chi connectivity index (χ1v) is 11.3. The molecule has 2 bridgehead atoms. The molecule has 0 saturated heterocycles. The highest BCUT2D eigenvalue weighted by atomic mass is 35.5. The predicted octanol–water partition coefficient (Wildman–Crippen LogP) is 5.49. The monoisotopic (exact) mass is 429 g/mol. The van der Waals surface area contributed by atoms with Crippen molar-refractivity contribution in [2.45, 2.75) is 51.6 Å². The highest BCUT2D eigenvalue weighted by Gasteiger charge is 2.46. The quantitative estimate of drug-likeness (QED) is 0.607. The molecule has 1 aromatic carbocycles. The molecule has 4 nitrogen and oxygen atoms in total. The molecule has 28 heavy (non-hydrogen) atoms. The molecule has 1 amide bonds. The molecular formula is C21H29ClFNO3S. The zero-order chi connectivity index (χ0) is 20.5. The largest absolute Gasteiger partial charge is 0.491 e. The molecule has 3 rings (SSSR count). The van der Waals surface area contributed by atoms with E-state index in [-0.39, 0.29) is 21.6 Å². The second-order valence-corrected chi connectivity index (χ2v) is 9.95. The van der Waals surface area contributed by atoms with E-state index >= 15 is 0 Å². The van der Waals surface area contributed by atoms with Crippen molar-refractivity contribution in [3.8, 4) is 5.75 Å². The lowest BCUT2D eigenvalue weighted by Gasteiger charge is -2.50. The van der Waals surface area contributed by atoms with Crippen molar-refractivity contribution in [3.63, 3.8) is 0 Å². The molecule has 2 aliphatic rings. The summed E-state index contributed by atoms with van der Waals surface area (Å²) < 4.78 is 28.6. The summed E-state index contributed by atoms with van der Waals surface area (Å²) in [5.74, 6) is 0.393. The van der Waals surface area contributed by atoms with Gasteiger partial charge in [-0.25, -0.2) is 4.39 Å². The number of amides is 1. The molecule has 2 fully saturated rings. The van der Waals surface area contributed by atoms with Crippen LogP contribution in [0, 0.1) is 23.1 Å². The number of hydrogen-bond donors (Lipinski definition) is 1. The standard InChI is InChI=1S/C21H29ClFNO3S/c1-20(8-13-5-14(9-20)11-21(2,10-13)26-3)12-27-18-7-17(23)15(6-16(18)22)19(25)24-28-4/h6-7,13-14H,5,8-12H2,1-4H3,(H,24,25). The second kappa shape index (κ2) is 8.41. The molecule has 2 saturated carbocycles. The van der Waals surface area contributed by atoms with Gasteiger partial charge >= 0.3 is 0 Å². The van der Waals surface area contributed by atoms with Gasteiger partial charge in [-0.05, 0) is 56.9 Å². The Morgan fingerprint density at radius 1 is 1.29 bits per heavy atom. The van der Waals surface area contributed by atoms with Crippen LogP contribution in [0.15, 0.2) is 12.1 Å². The van der Waals surface area contributed by atoms with E-state index in [4.69, 9.17) is 21.1 Å². The molecule has 0 radical (unpaired) electrons. The lowest BCUT2D eigenvalue weighted by molar-refractivity contribution is -0.0943. The van der Waals surface area contributed by atoms with Crippen molar-refractivity contribution in [2.75, 3.05) is 20.0 Å². The Hall–Kier alpha value is -0.980. The van der Waals surface area contributed by atoms with E-state index in [2.05, 4.69) is 18.6 Å². The number of nitrogens with one attached hydrogen (secondary N) is 1. The number of carbonyl (C=O) groups excluding carboxylic acids is 1. The SMILES string of the molecule is COC1(C)CC2CC(CC(C)(COc3cc(F)c(C(=O)NSC)cc3Cl)C2)C1. The van der Waals surface area contributed by atoms with Gasteiger partial charge in [0.25, 0.3) is 5.91 Å². The van der Waals surface area contributed by atoms with Crippen molar-refractivity contribution < 1.29 is 18.7 Å². The van der Waals surface area contributed by atoms with Crippen LogP contribution in [0.25, 0.3) is 0 Å². The summed E-state index contributed by atoms with van der Waals surface area (Å²) >= 11 is 7.38. The van der Waals surface area contributed by atoms with Crippen molar-refractivity contribution in [1.29, 1.82) is 0 Å². The maximum Gasteiger partial charge on any atom is 0.264 e. The molecule has 0 spiro atoms. The van der Waals surface area contributed by atoms with Gasteiger partial charge in [0.1, 0.15) is 11.6 Å². The van der Waals surface area contributed by atoms with Crippen LogP contribution >= 0.6 is 23.5 Å². The first kappa shape index (κ1) is 21.7. The molecule has 0 aromatic heterocycles. The number of ether oxygens (including phenoxy) is 2. The number of benzene rings is 1. The summed E-state index contributed by atoms with van der Waals surface area (Å²) in [6, 6.07) is 2.55. The topological polar surface area (TPSA) is 47.6 Å². The van der Waals surface area contributed by atoms with Gasteiger partial charge in [0, 0.05) is 24.8 Å².